The van der Waals surface area contributed by atoms with E-state index >= 15 is 0 Å². The van der Waals surface area contributed by atoms with Crippen LogP contribution in [0.4, 0.5) is 17.1 Å². The summed E-state index contributed by atoms with van der Waals surface area (Å²) < 4.78 is 0.754. The summed E-state index contributed by atoms with van der Waals surface area (Å²) in [7, 11) is 0. The van der Waals surface area contributed by atoms with Crippen LogP contribution in [0.3, 0.4) is 0 Å². The summed E-state index contributed by atoms with van der Waals surface area (Å²) in [5.41, 5.74) is 4.23. The first-order valence-corrected chi connectivity index (χ1v) is 12.4. The molecule has 1 unspecified atom stereocenters. The highest BCUT2D eigenvalue weighted by Gasteiger charge is 2.30. The number of nitrogens with one attached hydrogen (secondary N) is 2. The number of anilines is 3. The first kappa shape index (κ1) is 23.0. The third-order valence-electron chi connectivity index (χ3n) is 5.15. The van der Waals surface area contributed by atoms with Crippen LogP contribution in [0.25, 0.3) is 0 Å². The van der Waals surface area contributed by atoms with Crippen molar-refractivity contribution >= 4 is 57.9 Å². The third kappa shape index (κ3) is 5.80. The second-order valence-corrected chi connectivity index (χ2v) is 9.90. The number of carbonyl (C=O) groups excluding carboxylic acids is 3. The van der Waals surface area contributed by atoms with Gasteiger partial charge < -0.3 is 15.5 Å². The molecule has 0 saturated heterocycles. The van der Waals surface area contributed by atoms with Crippen LogP contribution >= 0.6 is 23.1 Å². The van der Waals surface area contributed by atoms with Gasteiger partial charge in [0.1, 0.15) is 0 Å². The largest absolute Gasteiger partial charge is 0.326 e. The van der Waals surface area contributed by atoms with Crippen molar-refractivity contribution in [2.75, 3.05) is 21.3 Å². The molecule has 1 atom stereocenters. The van der Waals surface area contributed by atoms with Gasteiger partial charge in [0.15, 0.2) is 4.34 Å². The number of thioether (sulfide) groups is 1. The molecule has 2 heterocycles. The second kappa shape index (κ2) is 10.2. The minimum Gasteiger partial charge on any atom is -0.326 e. The van der Waals surface area contributed by atoms with Crippen LogP contribution in [0.15, 0.2) is 58.3 Å². The van der Waals surface area contributed by atoms with Gasteiger partial charge in [-0.05, 0) is 49.2 Å². The molecule has 0 spiro atoms. The number of rotatable bonds is 7. The lowest BCUT2D eigenvalue weighted by Crippen LogP contribution is -2.36. The van der Waals surface area contributed by atoms with E-state index in [1.807, 2.05) is 28.5 Å². The first-order valence-electron chi connectivity index (χ1n) is 10.5. The molecule has 0 bridgehead atoms. The quantitative estimate of drug-likeness (QED) is 0.491. The van der Waals surface area contributed by atoms with E-state index < -0.39 is 0 Å². The summed E-state index contributed by atoms with van der Waals surface area (Å²) in [6, 6.07) is 15.1. The molecule has 3 amide bonds. The maximum absolute atomic E-state index is 12.9. The van der Waals surface area contributed by atoms with Crippen molar-refractivity contribution in [2.24, 2.45) is 0 Å². The Morgan fingerprint density at radius 3 is 2.52 bits per heavy atom. The molecular weight excluding hydrogens is 456 g/mol. The molecule has 1 aliphatic rings. The van der Waals surface area contributed by atoms with E-state index in [4.69, 9.17) is 0 Å². The Morgan fingerprint density at radius 2 is 1.79 bits per heavy atom. The molecule has 2 aromatic carbocycles. The Bertz CT molecular complexity index is 1180. The van der Waals surface area contributed by atoms with Crippen LogP contribution in [-0.2, 0) is 27.2 Å². The van der Waals surface area contributed by atoms with E-state index in [0.717, 1.165) is 22.1 Å². The Morgan fingerprint density at radius 1 is 1.09 bits per heavy atom. The molecule has 1 aromatic heterocycles. The zero-order valence-corrected chi connectivity index (χ0v) is 20.0. The zero-order chi connectivity index (χ0) is 23.4. The Balaban J connectivity index is 1.28. The highest BCUT2D eigenvalue weighted by molar-refractivity contribution is 8.01. The average Bonchev–Trinajstić information content (AvgIpc) is 3.36. The zero-order valence-electron chi connectivity index (χ0n) is 18.3. The summed E-state index contributed by atoms with van der Waals surface area (Å²) in [6.45, 7) is 3.50. The number of aromatic nitrogens is 1. The topological polar surface area (TPSA) is 91.4 Å². The Hall–Kier alpha value is -3.17. The summed E-state index contributed by atoms with van der Waals surface area (Å²) in [6.07, 6.45) is 1.10. The van der Waals surface area contributed by atoms with E-state index in [1.165, 1.54) is 35.6 Å². The number of hydrogen-bond acceptors (Lipinski definition) is 6. The van der Waals surface area contributed by atoms with Crippen molar-refractivity contribution < 1.29 is 14.4 Å². The Kier molecular flexibility index (Phi) is 7.10. The maximum Gasteiger partial charge on any atom is 0.234 e. The average molecular weight is 481 g/mol. The van der Waals surface area contributed by atoms with Gasteiger partial charge in [0.05, 0.1) is 17.9 Å². The van der Waals surface area contributed by atoms with Gasteiger partial charge in [0, 0.05) is 35.4 Å². The number of carbonyl (C=O) groups is 3. The lowest BCUT2D eigenvalue weighted by atomic mass is 10.1. The normalized spacial score (nSPS) is 14.6. The van der Waals surface area contributed by atoms with Crippen molar-refractivity contribution in [3.8, 4) is 0 Å². The molecule has 0 fully saturated rings. The minimum absolute atomic E-state index is 0.0368. The molecule has 2 N–H and O–H groups in total. The first-order chi connectivity index (χ1) is 15.9. The van der Waals surface area contributed by atoms with E-state index in [0.29, 0.717) is 11.4 Å². The van der Waals surface area contributed by atoms with Gasteiger partial charge in [0.25, 0.3) is 0 Å². The standard InChI is InChI=1S/C24H24N4O3S2/c1-15-11-17-5-3-4-6-21(17)28(15)23(31)12-20-13-32-24(27-20)33-14-22(30)26-19-9-7-18(8-10-19)25-16(2)29/h3-10,13,15H,11-12,14H2,1-2H3,(H,25,29)(H,26,30). The van der Waals surface area contributed by atoms with E-state index in [9.17, 15) is 14.4 Å². The fourth-order valence-corrected chi connectivity index (χ4v) is 5.43. The third-order valence-corrected chi connectivity index (χ3v) is 7.22. The second-order valence-electron chi connectivity index (χ2n) is 7.82. The Labute approximate surface area is 200 Å². The van der Waals surface area contributed by atoms with Crippen LogP contribution < -0.4 is 15.5 Å². The highest BCUT2D eigenvalue weighted by atomic mass is 32.2. The number of hydrogen-bond donors (Lipinski definition) is 2. The van der Waals surface area contributed by atoms with Gasteiger partial charge in [-0.3, -0.25) is 14.4 Å². The predicted octanol–water partition coefficient (Wildman–Crippen LogP) is 4.35. The molecule has 0 saturated carbocycles. The van der Waals surface area contributed by atoms with Crippen LogP contribution in [0.5, 0.6) is 0 Å². The number of nitrogens with zero attached hydrogens (tertiary/aromatic N) is 2. The number of para-hydroxylation sites is 1. The monoisotopic (exact) mass is 480 g/mol. The van der Waals surface area contributed by atoms with Gasteiger partial charge in [-0.25, -0.2) is 4.98 Å². The molecule has 0 aliphatic carbocycles. The molecule has 4 rings (SSSR count). The molecule has 0 radical (unpaired) electrons. The summed E-state index contributed by atoms with van der Waals surface area (Å²) in [5, 5.41) is 7.39. The summed E-state index contributed by atoms with van der Waals surface area (Å²) in [5.74, 6) is -0.0463. The number of amides is 3. The van der Waals surface area contributed by atoms with Gasteiger partial charge in [-0.1, -0.05) is 30.0 Å². The number of benzene rings is 2. The van der Waals surface area contributed by atoms with Crippen LogP contribution in [0.1, 0.15) is 25.1 Å². The van der Waals surface area contributed by atoms with Crippen molar-refractivity contribution in [3.63, 3.8) is 0 Å². The molecular formula is C24H24N4O3S2. The SMILES string of the molecule is CC(=O)Nc1ccc(NC(=O)CSc2nc(CC(=O)N3c4ccccc4CC3C)cs2)cc1. The van der Waals surface area contributed by atoms with Crippen LogP contribution in [-0.4, -0.2) is 34.5 Å². The fraction of sp³-hybridized carbons (Fsp3) is 0.250. The fourth-order valence-electron chi connectivity index (χ4n) is 3.79. The van der Waals surface area contributed by atoms with Crippen LogP contribution in [0, 0.1) is 0 Å². The minimum atomic E-state index is -0.150. The van der Waals surface area contributed by atoms with Gasteiger partial charge in [0.2, 0.25) is 17.7 Å². The van der Waals surface area contributed by atoms with Crippen molar-refractivity contribution in [2.45, 2.75) is 37.1 Å². The van der Waals surface area contributed by atoms with Gasteiger partial charge in [-0.15, -0.1) is 11.3 Å². The molecule has 33 heavy (non-hydrogen) atoms. The lowest BCUT2D eigenvalue weighted by Gasteiger charge is -2.22. The predicted molar refractivity (Wildman–Crippen MR) is 133 cm³/mol. The van der Waals surface area contributed by atoms with Crippen LogP contribution in [0.2, 0.25) is 0 Å². The summed E-state index contributed by atoms with van der Waals surface area (Å²) >= 11 is 2.78. The molecule has 1 aliphatic heterocycles. The highest BCUT2D eigenvalue weighted by Crippen LogP contribution is 2.32. The molecule has 170 valence electrons. The van der Waals surface area contributed by atoms with Crippen molar-refractivity contribution in [1.82, 2.24) is 4.98 Å². The molecule has 7 nitrogen and oxygen atoms in total. The maximum atomic E-state index is 12.9. The number of thiazole rings is 1. The van der Waals surface area contributed by atoms with Crippen molar-refractivity contribution in [3.05, 3.63) is 65.2 Å². The van der Waals surface area contributed by atoms with Gasteiger partial charge >= 0.3 is 0 Å². The smallest absolute Gasteiger partial charge is 0.234 e. The van der Waals surface area contributed by atoms with Crippen molar-refractivity contribution in [1.29, 1.82) is 0 Å². The van der Waals surface area contributed by atoms with Gasteiger partial charge in [-0.2, -0.15) is 0 Å². The van der Waals surface area contributed by atoms with E-state index in [2.05, 4.69) is 28.6 Å². The number of fused-ring (bicyclic) bond motifs is 1. The molecule has 3 aromatic rings. The summed E-state index contributed by atoms with van der Waals surface area (Å²) in [4.78, 5) is 42.7. The van der Waals surface area contributed by atoms with E-state index in [-0.39, 0.29) is 35.9 Å². The lowest BCUT2D eigenvalue weighted by molar-refractivity contribution is -0.118. The van der Waals surface area contributed by atoms with E-state index in [1.54, 1.807) is 24.3 Å². The molecule has 9 heteroatoms.